The van der Waals surface area contributed by atoms with Gasteiger partial charge in [-0.15, -0.1) is 0 Å². The van der Waals surface area contributed by atoms with Crippen LogP contribution in [0.1, 0.15) is 43.7 Å². The Balaban J connectivity index is 1.74. The molecule has 0 unspecified atom stereocenters. The number of para-hydroxylation sites is 1. The van der Waals surface area contributed by atoms with Crippen LogP contribution in [0.4, 0.5) is 5.69 Å². The molecule has 0 aromatic heterocycles. The van der Waals surface area contributed by atoms with Crippen LogP contribution >= 0.6 is 11.6 Å². The van der Waals surface area contributed by atoms with Crippen molar-refractivity contribution < 1.29 is 14.3 Å². The maximum atomic E-state index is 12.7. The van der Waals surface area contributed by atoms with E-state index in [2.05, 4.69) is 13.8 Å². The predicted octanol–water partition coefficient (Wildman–Crippen LogP) is 5.12. The van der Waals surface area contributed by atoms with Crippen LogP contribution in [0.3, 0.4) is 0 Å². The van der Waals surface area contributed by atoms with Gasteiger partial charge in [-0.1, -0.05) is 49.7 Å². The lowest BCUT2D eigenvalue weighted by Gasteiger charge is -2.18. The molecule has 1 heterocycles. The summed E-state index contributed by atoms with van der Waals surface area (Å²) >= 11 is 6.18. The number of esters is 1. The van der Waals surface area contributed by atoms with Crippen LogP contribution in [-0.4, -0.2) is 18.4 Å². The van der Waals surface area contributed by atoms with Crippen LogP contribution in [0.5, 0.6) is 5.75 Å². The molecule has 2 aromatic carbocycles. The molecule has 1 amide bonds. The van der Waals surface area contributed by atoms with Crippen LogP contribution in [-0.2, 0) is 9.59 Å². The zero-order valence-corrected chi connectivity index (χ0v) is 16.6. The minimum absolute atomic E-state index is 0.0907. The highest BCUT2D eigenvalue weighted by Gasteiger charge is 2.36. The Kier molecular flexibility index (Phi) is 5.85. The van der Waals surface area contributed by atoms with Gasteiger partial charge in [-0.2, -0.15) is 0 Å². The van der Waals surface area contributed by atoms with Gasteiger partial charge in [-0.3, -0.25) is 9.59 Å². The highest BCUT2D eigenvalue weighted by atomic mass is 35.5. The largest absolute Gasteiger partial charge is 0.426 e. The fourth-order valence-electron chi connectivity index (χ4n) is 3.26. The van der Waals surface area contributed by atoms with Crippen LogP contribution < -0.4 is 9.64 Å². The molecule has 0 N–H and O–H groups in total. The van der Waals surface area contributed by atoms with E-state index in [4.69, 9.17) is 16.3 Å². The Morgan fingerprint density at radius 1 is 1.30 bits per heavy atom. The highest BCUT2D eigenvalue weighted by molar-refractivity contribution is 6.31. The molecule has 142 valence electrons. The third kappa shape index (κ3) is 4.16. The van der Waals surface area contributed by atoms with E-state index in [0.717, 1.165) is 17.5 Å². The number of ether oxygens (including phenoxy) is 1. The molecule has 0 radical (unpaired) electrons. The summed E-state index contributed by atoms with van der Waals surface area (Å²) in [6.45, 7) is 6.42. The molecule has 1 aliphatic rings. The summed E-state index contributed by atoms with van der Waals surface area (Å²) in [4.78, 5) is 26.7. The van der Waals surface area contributed by atoms with E-state index in [-0.39, 0.29) is 18.3 Å². The Hall–Kier alpha value is -2.33. The summed E-state index contributed by atoms with van der Waals surface area (Å²) in [5.74, 6) is -0.0546. The molecule has 5 heteroatoms. The first-order valence-corrected chi connectivity index (χ1v) is 9.65. The fraction of sp³-hybridized carbons (Fsp3) is 0.364. The van der Waals surface area contributed by atoms with Gasteiger partial charge in [-0.05, 0) is 48.6 Å². The van der Waals surface area contributed by atoms with E-state index in [1.165, 1.54) is 0 Å². The van der Waals surface area contributed by atoms with Crippen molar-refractivity contribution in [3.05, 3.63) is 58.6 Å². The second-order valence-corrected chi connectivity index (χ2v) is 7.51. The summed E-state index contributed by atoms with van der Waals surface area (Å²) in [5.41, 5.74) is 2.68. The van der Waals surface area contributed by atoms with Gasteiger partial charge in [0.25, 0.3) is 0 Å². The molecule has 2 atom stereocenters. The van der Waals surface area contributed by atoms with Gasteiger partial charge in [0.15, 0.2) is 0 Å². The minimum atomic E-state index is -0.484. The van der Waals surface area contributed by atoms with E-state index in [1.54, 1.807) is 11.0 Å². The first kappa shape index (κ1) is 19.4. The van der Waals surface area contributed by atoms with E-state index in [1.807, 2.05) is 43.3 Å². The number of hydrogen-bond acceptors (Lipinski definition) is 3. The number of carbonyl (C=O) groups excluding carboxylic acids is 2. The van der Waals surface area contributed by atoms with E-state index in [9.17, 15) is 9.59 Å². The summed E-state index contributed by atoms with van der Waals surface area (Å²) in [6, 6.07) is 13.1. The summed E-state index contributed by atoms with van der Waals surface area (Å²) in [7, 11) is 0. The topological polar surface area (TPSA) is 46.6 Å². The van der Waals surface area contributed by atoms with Crippen molar-refractivity contribution in [2.75, 3.05) is 11.4 Å². The van der Waals surface area contributed by atoms with Crippen LogP contribution in [0.25, 0.3) is 0 Å². The third-order valence-electron chi connectivity index (χ3n) is 5.20. The summed E-state index contributed by atoms with van der Waals surface area (Å²) in [6.07, 6.45) is 1.11. The average Bonchev–Trinajstić information content (AvgIpc) is 3.05. The van der Waals surface area contributed by atoms with Crippen molar-refractivity contribution in [2.45, 2.75) is 39.5 Å². The predicted molar refractivity (Wildman–Crippen MR) is 107 cm³/mol. The first-order chi connectivity index (χ1) is 12.9. The molecule has 4 nitrogen and oxygen atoms in total. The van der Waals surface area contributed by atoms with E-state index >= 15 is 0 Å². The van der Waals surface area contributed by atoms with Gasteiger partial charge in [0.1, 0.15) is 5.75 Å². The van der Waals surface area contributed by atoms with Crippen molar-refractivity contribution in [1.29, 1.82) is 0 Å². The lowest BCUT2D eigenvalue weighted by molar-refractivity contribution is -0.139. The molecule has 0 spiro atoms. The average molecular weight is 386 g/mol. The number of aryl methyl sites for hydroxylation is 1. The molecular formula is C22H24ClNO3. The number of nitrogens with zero attached hydrogens (tertiary/aromatic N) is 1. The zero-order chi connectivity index (χ0) is 19.6. The second kappa shape index (κ2) is 8.13. The lowest BCUT2D eigenvalue weighted by Crippen LogP contribution is -2.27. The maximum Gasteiger partial charge on any atom is 0.316 e. The van der Waals surface area contributed by atoms with Crippen molar-refractivity contribution in [2.24, 2.45) is 5.92 Å². The Morgan fingerprint density at radius 3 is 2.74 bits per heavy atom. The van der Waals surface area contributed by atoms with Crippen molar-refractivity contribution in [3.63, 3.8) is 0 Å². The van der Waals surface area contributed by atoms with Crippen molar-refractivity contribution in [3.8, 4) is 5.75 Å². The first-order valence-electron chi connectivity index (χ1n) is 9.27. The zero-order valence-electron chi connectivity index (χ0n) is 15.9. The normalized spacial score (nSPS) is 17.9. The van der Waals surface area contributed by atoms with E-state index < -0.39 is 5.92 Å². The van der Waals surface area contributed by atoms with Crippen LogP contribution in [0.15, 0.2) is 42.5 Å². The molecule has 1 saturated heterocycles. The fourth-order valence-corrected chi connectivity index (χ4v) is 3.43. The number of benzene rings is 2. The standard InChI is InChI=1S/C22H24ClNO3/c1-4-14(2)18-7-5-6-8-20(18)27-22(26)16-11-21(25)24(13-16)17-10-9-15(3)19(23)12-17/h5-10,12,14,16H,4,11,13H2,1-3H3/t14-,16-/m0/s1. The molecule has 27 heavy (non-hydrogen) atoms. The number of rotatable bonds is 5. The van der Waals surface area contributed by atoms with Crippen LogP contribution in [0, 0.1) is 12.8 Å². The summed E-state index contributed by atoms with van der Waals surface area (Å²) in [5, 5.41) is 0.605. The Morgan fingerprint density at radius 2 is 2.04 bits per heavy atom. The lowest BCUT2D eigenvalue weighted by atomic mass is 9.98. The van der Waals surface area contributed by atoms with Gasteiger partial charge < -0.3 is 9.64 Å². The third-order valence-corrected chi connectivity index (χ3v) is 5.61. The number of halogens is 1. The molecular weight excluding hydrogens is 362 g/mol. The van der Waals surface area contributed by atoms with Gasteiger partial charge in [0.05, 0.1) is 5.92 Å². The molecule has 3 rings (SSSR count). The Bertz CT molecular complexity index is 864. The molecule has 0 aliphatic carbocycles. The second-order valence-electron chi connectivity index (χ2n) is 7.11. The molecule has 0 bridgehead atoms. The van der Waals surface area contributed by atoms with Gasteiger partial charge in [0.2, 0.25) is 5.91 Å². The molecule has 2 aromatic rings. The SMILES string of the molecule is CC[C@H](C)c1ccccc1OC(=O)[C@H]1CC(=O)N(c2ccc(C)c(Cl)c2)C1. The summed E-state index contributed by atoms with van der Waals surface area (Å²) < 4.78 is 5.68. The number of carbonyl (C=O) groups is 2. The van der Waals surface area contributed by atoms with Gasteiger partial charge in [0, 0.05) is 23.7 Å². The molecule has 1 aliphatic heterocycles. The highest BCUT2D eigenvalue weighted by Crippen LogP contribution is 2.32. The Labute approximate surface area is 165 Å². The number of amides is 1. The maximum absolute atomic E-state index is 12.7. The minimum Gasteiger partial charge on any atom is -0.426 e. The number of hydrogen-bond donors (Lipinski definition) is 0. The van der Waals surface area contributed by atoms with E-state index in [0.29, 0.717) is 28.9 Å². The number of anilines is 1. The quantitative estimate of drug-likeness (QED) is 0.530. The monoisotopic (exact) mass is 385 g/mol. The van der Waals surface area contributed by atoms with Gasteiger partial charge in [-0.25, -0.2) is 0 Å². The van der Waals surface area contributed by atoms with Gasteiger partial charge >= 0.3 is 5.97 Å². The van der Waals surface area contributed by atoms with Crippen molar-refractivity contribution in [1.82, 2.24) is 0 Å². The van der Waals surface area contributed by atoms with Crippen molar-refractivity contribution >= 4 is 29.2 Å². The molecule has 0 saturated carbocycles. The van der Waals surface area contributed by atoms with Crippen LogP contribution in [0.2, 0.25) is 5.02 Å². The molecule has 1 fully saturated rings. The smallest absolute Gasteiger partial charge is 0.316 e.